The summed E-state index contributed by atoms with van der Waals surface area (Å²) in [6.07, 6.45) is 0. The number of hydrogen-bond donors (Lipinski definition) is 1. The lowest BCUT2D eigenvalue weighted by molar-refractivity contribution is 0.600. The van der Waals surface area contributed by atoms with Crippen LogP contribution < -0.4 is 5.73 Å². The number of rotatable bonds is 1. The summed E-state index contributed by atoms with van der Waals surface area (Å²) in [6, 6.07) is 10.8. The summed E-state index contributed by atoms with van der Waals surface area (Å²) in [6.45, 7) is 6.54. The van der Waals surface area contributed by atoms with Gasteiger partial charge in [-0.2, -0.15) is 0 Å². The number of fused-ring (bicyclic) bond motifs is 1. The SMILES string of the molecule is Cc1cc([C@H]2[C@H](N)C2(C)C)c2ccccc2n1. The fourth-order valence-corrected chi connectivity index (χ4v) is 2.87. The van der Waals surface area contributed by atoms with Crippen LogP contribution in [0.25, 0.3) is 10.9 Å². The standard InChI is InChI=1S/C15H18N2/c1-9-8-11(13-14(16)15(13,2)3)10-6-4-5-7-12(10)17-9/h4-8,13-14H,16H2,1-3H3/t13-,14-/m0/s1. The lowest BCUT2D eigenvalue weighted by atomic mass is 9.98. The van der Waals surface area contributed by atoms with Gasteiger partial charge < -0.3 is 5.73 Å². The van der Waals surface area contributed by atoms with Gasteiger partial charge in [0.25, 0.3) is 0 Å². The van der Waals surface area contributed by atoms with Gasteiger partial charge in [-0.15, -0.1) is 0 Å². The summed E-state index contributed by atoms with van der Waals surface area (Å²) >= 11 is 0. The monoisotopic (exact) mass is 226 g/mol. The van der Waals surface area contributed by atoms with Gasteiger partial charge in [-0.25, -0.2) is 0 Å². The molecule has 2 nitrogen and oxygen atoms in total. The molecule has 0 unspecified atom stereocenters. The molecule has 2 atom stereocenters. The van der Waals surface area contributed by atoms with Gasteiger partial charge in [0, 0.05) is 23.0 Å². The molecular formula is C15H18N2. The summed E-state index contributed by atoms with van der Waals surface area (Å²) in [5.41, 5.74) is 9.94. The highest BCUT2D eigenvalue weighted by atomic mass is 14.8. The molecule has 0 bridgehead atoms. The molecule has 0 amide bonds. The fourth-order valence-electron chi connectivity index (χ4n) is 2.87. The van der Waals surface area contributed by atoms with Crippen LogP contribution in [-0.2, 0) is 0 Å². The van der Waals surface area contributed by atoms with Gasteiger partial charge in [-0.1, -0.05) is 32.0 Å². The van der Waals surface area contributed by atoms with Crippen LogP contribution in [0.4, 0.5) is 0 Å². The Kier molecular flexibility index (Phi) is 2.08. The lowest BCUT2D eigenvalue weighted by Crippen LogP contribution is -2.06. The molecule has 0 saturated heterocycles. The molecule has 2 heteroatoms. The molecule has 1 aromatic carbocycles. The predicted molar refractivity (Wildman–Crippen MR) is 71.0 cm³/mol. The Bertz CT molecular complexity index is 586. The van der Waals surface area contributed by atoms with E-state index in [2.05, 4.69) is 50.0 Å². The van der Waals surface area contributed by atoms with Crippen molar-refractivity contribution in [1.82, 2.24) is 4.98 Å². The third-order valence-corrected chi connectivity index (χ3v) is 4.12. The van der Waals surface area contributed by atoms with Crippen molar-refractivity contribution in [3.05, 3.63) is 41.6 Å². The van der Waals surface area contributed by atoms with Crippen LogP contribution in [0.1, 0.15) is 31.0 Å². The fraction of sp³-hybridized carbons (Fsp3) is 0.400. The number of hydrogen-bond acceptors (Lipinski definition) is 2. The first-order valence-electron chi connectivity index (χ1n) is 6.13. The van der Waals surface area contributed by atoms with E-state index in [0.717, 1.165) is 11.2 Å². The number of nitrogens with zero attached hydrogens (tertiary/aromatic N) is 1. The number of aryl methyl sites for hydroxylation is 1. The number of aromatic nitrogens is 1. The minimum Gasteiger partial charge on any atom is -0.327 e. The molecule has 1 heterocycles. The first-order chi connectivity index (χ1) is 8.01. The zero-order valence-electron chi connectivity index (χ0n) is 10.6. The van der Waals surface area contributed by atoms with Crippen LogP contribution >= 0.6 is 0 Å². The highest BCUT2D eigenvalue weighted by Gasteiger charge is 2.56. The maximum atomic E-state index is 6.20. The lowest BCUT2D eigenvalue weighted by Gasteiger charge is -2.08. The number of pyridine rings is 1. The molecule has 1 aliphatic carbocycles. The van der Waals surface area contributed by atoms with E-state index >= 15 is 0 Å². The molecule has 1 aromatic heterocycles. The first-order valence-corrected chi connectivity index (χ1v) is 6.13. The van der Waals surface area contributed by atoms with Crippen molar-refractivity contribution in [2.45, 2.75) is 32.7 Å². The molecule has 1 fully saturated rings. The average molecular weight is 226 g/mol. The van der Waals surface area contributed by atoms with Crippen molar-refractivity contribution in [1.29, 1.82) is 0 Å². The minimum absolute atomic E-state index is 0.219. The van der Waals surface area contributed by atoms with E-state index in [1.165, 1.54) is 10.9 Å². The maximum Gasteiger partial charge on any atom is 0.0708 e. The molecule has 2 N–H and O–H groups in total. The van der Waals surface area contributed by atoms with Gasteiger partial charge >= 0.3 is 0 Å². The van der Waals surface area contributed by atoms with Gasteiger partial charge in [0.2, 0.25) is 0 Å². The molecule has 1 saturated carbocycles. The normalized spacial score (nSPS) is 26.1. The van der Waals surface area contributed by atoms with Crippen molar-refractivity contribution in [3.63, 3.8) is 0 Å². The van der Waals surface area contributed by atoms with Crippen LogP contribution in [0.3, 0.4) is 0 Å². The highest BCUT2D eigenvalue weighted by Crippen LogP contribution is 2.58. The topological polar surface area (TPSA) is 38.9 Å². The van der Waals surface area contributed by atoms with Crippen LogP contribution in [0.5, 0.6) is 0 Å². The van der Waals surface area contributed by atoms with E-state index in [4.69, 9.17) is 5.73 Å². The molecule has 3 rings (SSSR count). The second-order valence-corrected chi connectivity index (χ2v) is 5.69. The Morgan fingerprint density at radius 3 is 2.53 bits per heavy atom. The van der Waals surface area contributed by atoms with Gasteiger partial charge in [0.15, 0.2) is 0 Å². The summed E-state index contributed by atoms with van der Waals surface area (Å²) < 4.78 is 0. The van der Waals surface area contributed by atoms with Crippen LogP contribution in [-0.4, -0.2) is 11.0 Å². The summed E-state index contributed by atoms with van der Waals surface area (Å²) in [4.78, 5) is 4.58. The van der Waals surface area contributed by atoms with Gasteiger partial charge in [0.05, 0.1) is 5.52 Å². The highest BCUT2D eigenvalue weighted by molar-refractivity contribution is 5.83. The van der Waals surface area contributed by atoms with Crippen molar-refractivity contribution < 1.29 is 0 Å². The van der Waals surface area contributed by atoms with E-state index in [1.54, 1.807) is 0 Å². The molecule has 1 aliphatic rings. The predicted octanol–water partition coefficient (Wildman–Crippen LogP) is 2.99. The molecule has 17 heavy (non-hydrogen) atoms. The molecule has 88 valence electrons. The van der Waals surface area contributed by atoms with Gasteiger partial charge in [-0.3, -0.25) is 4.98 Å². The number of benzene rings is 1. The zero-order valence-corrected chi connectivity index (χ0v) is 10.6. The van der Waals surface area contributed by atoms with Gasteiger partial charge in [-0.05, 0) is 30.0 Å². The van der Waals surface area contributed by atoms with Gasteiger partial charge in [0.1, 0.15) is 0 Å². The second-order valence-electron chi connectivity index (χ2n) is 5.69. The smallest absolute Gasteiger partial charge is 0.0708 e. The Labute approximate surface area is 102 Å². The van der Waals surface area contributed by atoms with Crippen molar-refractivity contribution in [2.24, 2.45) is 11.1 Å². The molecule has 0 aliphatic heterocycles. The molecule has 2 aromatic rings. The Morgan fingerprint density at radius 2 is 1.88 bits per heavy atom. The van der Waals surface area contributed by atoms with E-state index in [-0.39, 0.29) is 11.5 Å². The number of para-hydroxylation sites is 1. The summed E-state index contributed by atoms with van der Waals surface area (Å²) in [5, 5.41) is 1.25. The third kappa shape index (κ3) is 1.48. The summed E-state index contributed by atoms with van der Waals surface area (Å²) in [5.74, 6) is 0.467. The quantitative estimate of drug-likeness (QED) is 0.812. The van der Waals surface area contributed by atoms with Crippen LogP contribution in [0.2, 0.25) is 0 Å². The Morgan fingerprint density at radius 1 is 1.24 bits per heavy atom. The van der Waals surface area contributed by atoms with E-state index in [9.17, 15) is 0 Å². The largest absolute Gasteiger partial charge is 0.327 e. The first kappa shape index (κ1) is 10.7. The molecule has 0 radical (unpaired) electrons. The second kappa shape index (κ2) is 3.30. The van der Waals surface area contributed by atoms with E-state index in [1.807, 2.05) is 6.07 Å². The van der Waals surface area contributed by atoms with Crippen molar-refractivity contribution >= 4 is 10.9 Å². The van der Waals surface area contributed by atoms with Crippen LogP contribution in [0, 0.1) is 12.3 Å². The van der Waals surface area contributed by atoms with Crippen molar-refractivity contribution in [3.8, 4) is 0 Å². The Hall–Kier alpha value is -1.41. The third-order valence-electron chi connectivity index (χ3n) is 4.12. The van der Waals surface area contributed by atoms with E-state index in [0.29, 0.717) is 5.92 Å². The molecular weight excluding hydrogens is 208 g/mol. The number of nitrogens with two attached hydrogens (primary N) is 1. The van der Waals surface area contributed by atoms with Crippen LogP contribution in [0.15, 0.2) is 30.3 Å². The molecule has 0 spiro atoms. The average Bonchev–Trinajstić information content (AvgIpc) is 2.77. The summed E-state index contributed by atoms with van der Waals surface area (Å²) in [7, 11) is 0. The zero-order chi connectivity index (χ0) is 12.2. The minimum atomic E-state index is 0.219. The van der Waals surface area contributed by atoms with Crippen molar-refractivity contribution in [2.75, 3.05) is 0 Å². The maximum absolute atomic E-state index is 6.20. The van der Waals surface area contributed by atoms with E-state index < -0.39 is 0 Å². The Balaban J connectivity index is 2.23.